The molecule has 0 radical (unpaired) electrons. The molecule has 1 N–H and O–H groups in total. The van der Waals surface area contributed by atoms with Crippen LogP contribution in [0.1, 0.15) is 41.6 Å². The molecule has 1 amide bonds. The van der Waals surface area contributed by atoms with Gasteiger partial charge in [-0.2, -0.15) is 0 Å². The molecule has 0 unspecified atom stereocenters. The lowest BCUT2D eigenvalue weighted by atomic mass is 10.1. The first-order valence-corrected chi connectivity index (χ1v) is 7.31. The number of nitrogens with one attached hydrogen (secondary N) is 1. The summed E-state index contributed by atoms with van der Waals surface area (Å²) in [6.45, 7) is 6.03. The first-order valence-electron chi connectivity index (χ1n) is 7.31. The van der Waals surface area contributed by atoms with Gasteiger partial charge in [-0.1, -0.05) is 31.5 Å². The van der Waals surface area contributed by atoms with E-state index in [0.29, 0.717) is 22.7 Å². The van der Waals surface area contributed by atoms with Crippen molar-refractivity contribution >= 4 is 22.7 Å². The van der Waals surface area contributed by atoms with Crippen LogP contribution < -0.4 is 5.32 Å². The van der Waals surface area contributed by atoms with Crippen LogP contribution in [-0.4, -0.2) is 10.9 Å². The molecule has 4 heteroatoms. The fourth-order valence-corrected chi connectivity index (χ4v) is 2.26. The van der Waals surface area contributed by atoms with E-state index < -0.39 is 0 Å². The summed E-state index contributed by atoms with van der Waals surface area (Å²) in [7, 11) is 0. The number of aryl methyl sites for hydroxylation is 1. The molecule has 0 aliphatic carbocycles. The molecule has 3 aromatic rings. The van der Waals surface area contributed by atoms with Crippen LogP contribution >= 0.6 is 0 Å². The summed E-state index contributed by atoms with van der Waals surface area (Å²) in [6.07, 6.45) is 0. The summed E-state index contributed by atoms with van der Waals surface area (Å²) >= 11 is 0. The maximum Gasteiger partial charge on any atom is 0.255 e. The van der Waals surface area contributed by atoms with Gasteiger partial charge in [0.15, 0.2) is 11.5 Å². The normalized spacial score (nSPS) is 11.1. The molecule has 0 aliphatic heterocycles. The Balaban J connectivity index is 1.86. The fraction of sp³-hybridized carbons (Fsp3) is 0.222. The maximum absolute atomic E-state index is 12.3. The van der Waals surface area contributed by atoms with Crippen LogP contribution in [0.25, 0.3) is 11.1 Å². The Bertz CT molecular complexity index is 834. The minimum atomic E-state index is -0.133. The van der Waals surface area contributed by atoms with Crippen LogP contribution in [0.3, 0.4) is 0 Å². The van der Waals surface area contributed by atoms with Crippen molar-refractivity contribution in [3.63, 3.8) is 0 Å². The summed E-state index contributed by atoms with van der Waals surface area (Å²) in [5, 5.41) is 2.89. The van der Waals surface area contributed by atoms with Gasteiger partial charge in [-0.25, -0.2) is 4.98 Å². The molecule has 0 saturated heterocycles. The molecule has 0 saturated carbocycles. The summed E-state index contributed by atoms with van der Waals surface area (Å²) in [4.78, 5) is 16.7. The van der Waals surface area contributed by atoms with Crippen molar-refractivity contribution in [1.29, 1.82) is 0 Å². The Morgan fingerprint density at radius 3 is 2.73 bits per heavy atom. The third-order valence-electron chi connectivity index (χ3n) is 3.44. The SMILES string of the molecule is Cc1cccc(C(=O)Nc2ccc3nc(C(C)C)oc3c2)c1. The number of benzene rings is 2. The van der Waals surface area contributed by atoms with Crippen LogP contribution in [0.4, 0.5) is 5.69 Å². The largest absolute Gasteiger partial charge is 0.440 e. The van der Waals surface area contributed by atoms with Crippen LogP contribution in [0.5, 0.6) is 0 Å². The number of hydrogen-bond donors (Lipinski definition) is 1. The number of carbonyl (C=O) groups excluding carboxylic acids is 1. The third-order valence-corrected chi connectivity index (χ3v) is 3.44. The van der Waals surface area contributed by atoms with Crippen LogP contribution in [0.15, 0.2) is 46.9 Å². The highest BCUT2D eigenvalue weighted by Crippen LogP contribution is 2.24. The maximum atomic E-state index is 12.3. The topological polar surface area (TPSA) is 55.1 Å². The predicted molar refractivity (Wildman–Crippen MR) is 87.2 cm³/mol. The quantitative estimate of drug-likeness (QED) is 0.773. The van der Waals surface area contributed by atoms with Crippen LogP contribution in [0, 0.1) is 6.92 Å². The van der Waals surface area contributed by atoms with E-state index in [1.807, 2.05) is 57.2 Å². The van der Waals surface area contributed by atoms with Crippen molar-refractivity contribution in [2.45, 2.75) is 26.7 Å². The molecular formula is C18H18N2O2. The summed E-state index contributed by atoms with van der Waals surface area (Å²) < 4.78 is 5.71. The predicted octanol–water partition coefficient (Wildman–Crippen LogP) is 4.51. The molecule has 0 atom stereocenters. The molecule has 0 bridgehead atoms. The zero-order chi connectivity index (χ0) is 15.7. The van der Waals surface area contributed by atoms with Crippen molar-refractivity contribution in [3.8, 4) is 0 Å². The second-order valence-corrected chi connectivity index (χ2v) is 5.71. The van der Waals surface area contributed by atoms with E-state index in [2.05, 4.69) is 10.3 Å². The fourth-order valence-electron chi connectivity index (χ4n) is 2.26. The standard InChI is InChI=1S/C18H18N2O2/c1-11(2)18-20-15-8-7-14(10-16(15)22-18)19-17(21)13-6-4-5-12(3)9-13/h4-11H,1-3H3,(H,19,21). The van der Waals surface area contributed by atoms with Crippen molar-refractivity contribution < 1.29 is 9.21 Å². The van der Waals surface area contributed by atoms with Crippen molar-refractivity contribution in [2.75, 3.05) is 5.32 Å². The summed E-state index contributed by atoms with van der Waals surface area (Å²) in [5.41, 5.74) is 3.88. The number of amides is 1. The molecule has 22 heavy (non-hydrogen) atoms. The van der Waals surface area contributed by atoms with Crippen molar-refractivity contribution in [1.82, 2.24) is 4.98 Å². The number of hydrogen-bond acceptors (Lipinski definition) is 3. The zero-order valence-electron chi connectivity index (χ0n) is 12.9. The highest BCUT2D eigenvalue weighted by atomic mass is 16.3. The highest BCUT2D eigenvalue weighted by Gasteiger charge is 2.11. The highest BCUT2D eigenvalue weighted by molar-refractivity contribution is 6.05. The monoisotopic (exact) mass is 294 g/mol. The Kier molecular flexibility index (Phi) is 3.67. The van der Waals surface area contributed by atoms with E-state index in [9.17, 15) is 4.79 Å². The molecule has 0 fully saturated rings. The van der Waals surface area contributed by atoms with Crippen LogP contribution in [-0.2, 0) is 0 Å². The van der Waals surface area contributed by atoms with Gasteiger partial charge in [0.25, 0.3) is 5.91 Å². The molecule has 2 aromatic carbocycles. The van der Waals surface area contributed by atoms with Gasteiger partial charge in [0, 0.05) is 23.2 Å². The minimum absolute atomic E-state index is 0.133. The summed E-state index contributed by atoms with van der Waals surface area (Å²) in [6, 6.07) is 13.0. The van der Waals surface area contributed by atoms with E-state index in [4.69, 9.17) is 4.42 Å². The number of nitrogens with zero attached hydrogens (tertiary/aromatic N) is 1. The Hall–Kier alpha value is -2.62. The van der Waals surface area contributed by atoms with Gasteiger partial charge in [0.2, 0.25) is 0 Å². The summed E-state index contributed by atoms with van der Waals surface area (Å²) in [5.74, 6) is 0.807. The number of anilines is 1. The van der Waals surface area contributed by atoms with E-state index in [1.54, 1.807) is 6.07 Å². The van der Waals surface area contributed by atoms with Gasteiger partial charge in [-0.3, -0.25) is 4.79 Å². The number of fused-ring (bicyclic) bond motifs is 1. The van der Waals surface area contributed by atoms with Crippen LogP contribution in [0.2, 0.25) is 0 Å². The van der Waals surface area contributed by atoms with E-state index in [0.717, 1.165) is 11.1 Å². The van der Waals surface area contributed by atoms with Crippen molar-refractivity contribution in [2.24, 2.45) is 0 Å². The molecule has 1 heterocycles. The lowest BCUT2D eigenvalue weighted by molar-refractivity contribution is 0.102. The number of carbonyl (C=O) groups is 1. The van der Waals surface area contributed by atoms with E-state index in [-0.39, 0.29) is 11.8 Å². The van der Waals surface area contributed by atoms with Crippen molar-refractivity contribution in [3.05, 3.63) is 59.5 Å². The van der Waals surface area contributed by atoms with Gasteiger partial charge in [-0.15, -0.1) is 0 Å². The lowest BCUT2D eigenvalue weighted by Gasteiger charge is -2.05. The number of aromatic nitrogens is 1. The zero-order valence-corrected chi connectivity index (χ0v) is 12.9. The first-order chi connectivity index (χ1) is 10.5. The Morgan fingerprint density at radius 2 is 2.00 bits per heavy atom. The molecule has 0 spiro atoms. The molecule has 1 aromatic heterocycles. The van der Waals surface area contributed by atoms with Gasteiger partial charge in [-0.05, 0) is 31.2 Å². The molecule has 3 rings (SSSR count). The number of oxazole rings is 1. The average Bonchev–Trinajstić information content (AvgIpc) is 2.90. The van der Waals surface area contributed by atoms with Gasteiger partial charge < -0.3 is 9.73 Å². The molecule has 112 valence electrons. The Labute approximate surface area is 129 Å². The molecular weight excluding hydrogens is 276 g/mol. The Morgan fingerprint density at radius 1 is 1.18 bits per heavy atom. The molecule has 0 aliphatic rings. The third kappa shape index (κ3) is 2.86. The first kappa shape index (κ1) is 14.3. The second-order valence-electron chi connectivity index (χ2n) is 5.71. The minimum Gasteiger partial charge on any atom is -0.440 e. The molecule has 4 nitrogen and oxygen atoms in total. The number of rotatable bonds is 3. The lowest BCUT2D eigenvalue weighted by Crippen LogP contribution is -2.11. The smallest absolute Gasteiger partial charge is 0.255 e. The van der Waals surface area contributed by atoms with Gasteiger partial charge in [0.1, 0.15) is 5.52 Å². The van der Waals surface area contributed by atoms with E-state index in [1.165, 1.54) is 0 Å². The second kappa shape index (κ2) is 5.64. The van der Waals surface area contributed by atoms with E-state index >= 15 is 0 Å². The average molecular weight is 294 g/mol. The van der Waals surface area contributed by atoms with Gasteiger partial charge in [0.05, 0.1) is 0 Å². The van der Waals surface area contributed by atoms with Gasteiger partial charge >= 0.3 is 0 Å².